The molecule has 3 heteroatoms. The van der Waals surface area contributed by atoms with Gasteiger partial charge in [-0.2, -0.15) is 0 Å². The molecule has 6 aliphatic carbocycles. The Kier molecular flexibility index (Phi) is 6.81. The van der Waals surface area contributed by atoms with Crippen molar-refractivity contribution in [2.75, 3.05) is 0 Å². The van der Waals surface area contributed by atoms with Crippen molar-refractivity contribution in [1.29, 1.82) is 0 Å². The molecule has 3 N–H and O–H groups in total. The van der Waals surface area contributed by atoms with Crippen LogP contribution >= 0.6 is 0 Å². The van der Waals surface area contributed by atoms with E-state index in [9.17, 15) is 15.3 Å². The summed E-state index contributed by atoms with van der Waals surface area (Å²) in [5.74, 6) is 5.26. The average molecular weight is 527 g/mol. The normalized spacial score (nSPS) is 60.8. The Bertz CT molecular complexity index is 914. The first-order valence-electron chi connectivity index (χ1n) is 16.5. The second-order valence-corrected chi connectivity index (χ2v) is 16.7. The molecular weight excluding hydrogens is 468 g/mol. The van der Waals surface area contributed by atoms with Crippen molar-refractivity contribution in [2.45, 2.75) is 125 Å². The van der Waals surface area contributed by atoms with E-state index in [4.69, 9.17) is 0 Å². The van der Waals surface area contributed by atoms with Crippen molar-refractivity contribution in [2.24, 2.45) is 81.3 Å². The van der Waals surface area contributed by atoms with E-state index in [0.717, 1.165) is 30.6 Å². The summed E-state index contributed by atoms with van der Waals surface area (Å²) >= 11 is 0. The highest BCUT2D eigenvalue weighted by molar-refractivity contribution is 5.21. The Morgan fingerprint density at radius 1 is 0.868 bits per heavy atom. The highest BCUT2D eigenvalue weighted by atomic mass is 16.3. The van der Waals surface area contributed by atoms with Gasteiger partial charge in [0, 0.05) is 11.3 Å². The molecule has 0 amide bonds. The molecule has 0 aromatic heterocycles. The fourth-order valence-corrected chi connectivity index (χ4v) is 13.3. The Labute approximate surface area is 233 Å². The number of aliphatic hydroxyl groups excluding tert-OH is 3. The third-order valence-corrected chi connectivity index (χ3v) is 14.9. The first-order valence-corrected chi connectivity index (χ1v) is 16.5. The zero-order valence-electron chi connectivity index (χ0n) is 25.4. The molecular formula is C35H58O3. The minimum absolute atomic E-state index is 0.00235. The van der Waals surface area contributed by atoms with Gasteiger partial charge in [0.1, 0.15) is 0 Å². The Hall–Kier alpha value is -0.380. The van der Waals surface area contributed by atoms with Crippen molar-refractivity contribution in [3.05, 3.63) is 12.2 Å². The van der Waals surface area contributed by atoms with Gasteiger partial charge in [0.2, 0.25) is 0 Å². The summed E-state index contributed by atoms with van der Waals surface area (Å²) in [6.07, 6.45) is 15.7. The highest BCUT2D eigenvalue weighted by Crippen LogP contribution is 2.73. The maximum atomic E-state index is 12.4. The summed E-state index contributed by atoms with van der Waals surface area (Å²) in [7, 11) is 0. The standard InChI is InChI=1S/C35H58O3/c1-19-12-13-26(25-14-23-10-8-9-11-24(23)15-25)27-17-33(5)18-34(6)16-20(2)28(22(4)36)32(38)35(34,7)21(3)30(33)31(37)29(19)27/h12-13,19-32,36-38H,8-11,14-18H2,1-7H3. The number of hydrogen-bond acceptors (Lipinski definition) is 3. The molecule has 6 aliphatic rings. The lowest BCUT2D eigenvalue weighted by atomic mass is 9.34. The topological polar surface area (TPSA) is 60.7 Å². The van der Waals surface area contributed by atoms with E-state index < -0.39 is 12.2 Å². The Morgan fingerprint density at radius 3 is 2.11 bits per heavy atom. The van der Waals surface area contributed by atoms with Gasteiger partial charge in [-0.15, -0.1) is 0 Å². The minimum atomic E-state index is -0.543. The Morgan fingerprint density at radius 2 is 1.50 bits per heavy atom. The molecule has 3 nitrogen and oxygen atoms in total. The zero-order chi connectivity index (χ0) is 27.4. The van der Waals surface area contributed by atoms with Crippen LogP contribution in [0.25, 0.3) is 0 Å². The van der Waals surface area contributed by atoms with E-state index in [1.54, 1.807) is 0 Å². The van der Waals surface area contributed by atoms with E-state index in [1.807, 2.05) is 6.92 Å². The number of allylic oxidation sites excluding steroid dienone is 2. The summed E-state index contributed by atoms with van der Waals surface area (Å²) in [5, 5.41) is 35.1. The van der Waals surface area contributed by atoms with Crippen molar-refractivity contribution in [3.8, 4) is 0 Å². The molecule has 216 valence electrons. The molecule has 5 fully saturated rings. The highest BCUT2D eigenvalue weighted by Gasteiger charge is 2.70. The lowest BCUT2D eigenvalue weighted by Gasteiger charge is -2.71. The second-order valence-electron chi connectivity index (χ2n) is 16.7. The second kappa shape index (κ2) is 9.32. The molecule has 0 bridgehead atoms. The van der Waals surface area contributed by atoms with Gasteiger partial charge >= 0.3 is 0 Å². The molecule has 16 atom stereocenters. The van der Waals surface area contributed by atoms with Crippen molar-refractivity contribution in [3.63, 3.8) is 0 Å². The van der Waals surface area contributed by atoms with Crippen LogP contribution in [0.5, 0.6) is 0 Å². The van der Waals surface area contributed by atoms with Crippen LogP contribution in [-0.4, -0.2) is 33.6 Å². The van der Waals surface area contributed by atoms with E-state index in [2.05, 4.69) is 53.7 Å². The first kappa shape index (κ1) is 27.8. The lowest BCUT2D eigenvalue weighted by molar-refractivity contribution is -0.276. The van der Waals surface area contributed by atoms with E-state index in [1.165, 1.54) is 44.9 Å². The Balaban J connectivity index is 1.35. The molecule has 0 radical (unpaired) electrons. The fourth-order valence-electron chi connectivity index (χ4n) is 13.3. The van der Waals surface area contributed by atoms with Gasteiger partial charge < -0.3 is 15.3 Å². The minimum Gasteiger partial charge on any atom is -0.393 e. The largest absolute Gasteiger partial charge is 0.393 e. The maximum Gasteiger partial charge on any atom is 0.0656 e. The van der Waals surface area contributed by atoms with Gasteiger partial charge in [-0.3, -0.25) is 0 Å². The van der Waals surface area contributed by atoms with Gasteiger partial charge in [0.15, 0.2) is 0 Å². The van der Waals surface area contributed by atoms with Gasteiger partial charge in [0.25, 0.3) is 0 Å². The molecule has 6 rings (SSSR count). The van der Waals surface area contributed by atoms with Crippen molar-refractivity contribution >= 4 is 0 Å². The predicted molar refractivity (Wildman–Crippen MR) is 154 cm³/mol. The predicted octanol–water partition coefficient (Wildman–Crippen LogP) is 7.09. The fraction of sp³-hybridized carbons (Fsp3) is 0.943. The van der Waals surface area contributed by atoms with Gasteiger partial charge in [-0.05, 0) is 109 Å². The van der Waals surface area contributed by atoms with Crippen LogP contribution in [0.15, 0.2) is 12.2 Å². The summed E-state index contributed by atoms with van der Waals surface area (Å²) in [6, 6.07) is 0. The van der Waals surface area contributed by atoms with Crippen molar-refractivity contribution < 1.29 is 15.3 Å². The molecule has 0 spiro atoms. The van der Waals surface area contributed by atoms with Gasteiger partial charge in [-0.25, -0.2) is 0 Å². The van der Waals surface area contributed by atoms with Gasteiger partial charge in [0.05, 0.1) is 18.3 Å². The monoisotopic (exact) mass is 526 g/mol. The summed E-state index contributed by atoms with van der Waals surface area (Å²) in [5.41, 5.74) is -0.226. The molecule has 0 aromatic rings. The third-order valence-electron chi connectivity index (χ3n) is 14.9. The van der Waals surface area contributed by atoms with E-state index >= 15 is 0 Å². The number of aliphatic hydroxyl groups is 3. The smallest absolute Gasteiger partial charge is 0.0656 e. The van der Waals surface area contributed by atoms with Crippen LogP contribution in [0.1, 0.15) is 106 Å². The zero-order valence-corrected chi connectivity index (χ0v) is 25.4. The summed E-state index contributed by atoms with van der Waals surface area (Å²) in [4.78, 5) is 0. The quantitative estimate of drug-likeness (QED) is 0.337. The van der Waals surface area contributed by atoms with E-state index in [-0.39, 0.29) is 40.1 Å². The molecule has 5 saturated carbocycles. The number of rotatable bonds is 2. The molecule has 0 aromatic carbocycles. The first-order chi connectivity index (χ1) is 17.8. The molecule has 38 heavy (non-hydrogen) atoms. The number of fused-ring (bicyclic) bond motifs is 4. The van der Waals surface area contributed by atoms with Crippen LogP contribution in [-0.2, 0) is 0 Å². The maximum absolute atomic E-state index is 12.4. The van der Waals surface area contributed by atoms with Crippen LogP contribution in [0.3, 0.4) is 0 Å². The van der Waals surface area contributed by atoms with Crippen LogP contribution < -0.4 is 0 Å². The lowest BCUT2D eigenvalue weighted by Crippen LogP contribution is -2.70. The summed E-state index contributed by atoms with van der Waals surface area (Å²) < 4.78 is 0. The average Bonchev–Trinajstić information content (AvgIpc) is 3.25. The van der Waals surface area contributed by atoms with Gasteiger partial charge in [-0.1, -0.05) is 79.4 Å². The molecule has 0 heterocycles. The van der Waals surface area contributed by atoms with Crippen LogP contribution in [0.2, 0.25) is 0 Å². The van der Waals surface area contributed by atoms with Crippen LogP contribution in [0, 0.1) is 81.3 Å². The van der Waals surface area contributed by atoms with E-state index in [0.29, 0.717) is 29.6 Å². The van der Waals surface area contributed by atoms with Crippen molar-refractivity contribution in [1.82, 2.24) is 0 Å². The molecule has 16 unspecified atom stereocenters. The summed E-state index contributed by atoms with van der Waals surface area (Å²) in [6.45, 7) is 16.1. The van der Waals surface area contributed by atoms with Crippen LogP contribution in [0.4, 0.5) is 0 Å². The number of hydrogen-bond donors (Lipinski definition) is 3. The molecule has 0 saturated heterocycles. The molecule has 0 aliphatic heterocycles. The third kappa shape index (κ3) is 3.76. The SMILES string of the molecule is CC(O)C1C(C)CC2(C)CC3(C)CC4C(C5CC6CCCCC6C5)C=CC(C)C4C(O)C3C(C)C2(C)C1O.